The van der Waals surface area contributed by atoms with E-state index in [0.29, 0.717) is 13.0 Å². The Hall–Kier alpha value is 0.360. The highest BCUT2D eigenvalue weighted by Crippen LogP contribution is 2.37. The molecule has 3 N–H and O–H groups in total. The fourth-order valence-corrected chi connectivity index (χ4v) is 3.27. The summed E-state index contributed by atoms with van der Waals surface area (Å²) in [5.74, 6) is 0. The normalized spacial score (nSPS) is 20.8. The van der Waals surface area contributed by atoms with Gasteiger partial charge < -0.3 is 14.9 Å². The first-order chi connectivity index (χ1) is 7.88. The molecule has 7 heteroatoms. The molecule has 0 amide bonds. The van der Waals surface area contributed by atoms with Gasteiger partial charge in [-0.15, -0.1) is 0 Å². The minimum atomic E-state index is -4.05. The third-order valence-electron chi connectivity index (χ3n) is 3.11. The van der Waals surface area contributed by atoms with Crippen LogP contribution in [-0.2, 0) is 4.57 Å². The van der Waals surface area contributed by atoms with Gasteiger partial charge >= 0.3 is 7.60 Å². The quantitative estimate of drug-likeness (QED) is 0.511. The molecule has 1 rings (SSSR count). The van der Waals surface area contributed by atoms with Crippen LogP contribution in [0.3, 0.4) is 0 Å². The fourth-order valence-electron chi connectivity index (χ4n) is 2.32. The maximum Gasteiger partial charge on any atom is 0.339 e. The van der Waals surface area contributed by atoms with Crippen molar-refractivity contribution in [2.45, 2.75) is 50.1 Å². The molecule has 0 aromatic carbocycles. The number of halogens is 1. The van der Waals surface area contributed by atoms with Crippen molar-refractivity contribution in [1.29, 1.82) is 0 Å². The molecule has 1 fully saturated rings. The van der Waals surface area contributed by atoms with Crippen LogP contribution in [0.4, 0.5) is 0 Å². The number of aliphatic hydroxyl groups excluding tert-OH is 1. The van der Waals surface area contributed by atoms with Crippen molar-refractivity contribution >= 4 is 19.2 Å². The lowest BCUT2D eigenvalue weighted by Gasteiger charge is -2.34. The molecule has 0 heterocycles. The van der Waals surface area contributed by atoms with Crippen molar-refractivity contribution in [2.75, 3.05) is 12.8 Å². The summed E-state index contributed by atoms with van der Waals surface area (Å²) in [6.07, 6.45) is 5.44. The second-order valence-electron chi connectivity index (χ2n) is 4.63. The number of hydrogen-bond acceptors (Lipinski definition) is 3. The Morgan fingerprint density at radius 3 is 2.35 bits per heavy atom. The van der Waals surface area contributed by atoms with Crippen molar-refractivity contribution in [2.24, 2.45) is 0 Å². The molecular formula is C10H21ClNO4P. The zero-order chi connectivity index (χ0) is 12.9. The van der Waals surface area contributed by atoms with Crippen molar-refractivity contribution < 1.29 is 19.5 Å². The molecule has 1 saturated carbocycles. The van der Waals surface area contributed by atoms with Crippen LogP contribution in [0.1, 0.15) is 38.5 Å². The van der Waals surface area contributed by atoms with Gasteiger partial charge in [0.2, 0.25) is 0 Å². The van der Waals surface area contributed by atoms with E-state index in [1.165, 1.54) is 6.42 Å². The third kappa shape index (κ3) is 6.75. The first-order valence-corrected chi connectivity index (χ1v) is 8.22. The van der Waals surface area contributed by atoms with E-state index in [4.69, 9.17) is 26.5 Å². The van der Waals surface area contributed by atoms with Gasteiger partial charge in [-0.2, -0.15) is 0 Å². The number of rotatable bonds is 6. The van der Waals surface area contributed by atoms with E-state index in [0.717, 1.165) is 25.7 Å². The van der Waals surface area contributed by atoms with E-state index >= 15 is 0 Å². The first kappa shape index (κ1) is 15.4. The molecular weight excluding hydrogens is 265 g/mol. The largest absolute Gasteiger partial charge is 0.378 e. The molecule has 1 aliphatic rings. The smallest absolute Gasteiger partial charge is 0.339 e. The van der Waals surface area contributed by atoms with Crippen LogP contribution in [0.5, 0.6) is 0 Å². The van der Waals surface area contributed by atoms with Crippen LogP contribution < -0.4 is 0 Å². The minimum absolute atomic E-state index is 0.215. The van der Waals surface area contributed by atoms with Crippen molar-refractivity contribution in [1.82, 2.24) is 4.90 Å². The molecule has 0 aliphatic heterocycles. The van der Waals surface area contributed by atoms with Crippen LogP contribution in [0.2, 0.25) is 0 Å². The lowest BCUT2D eigenvalue weighted by Crippen LogP contribution is -2.38. The van der Waals surface area contributed by atoms with Gasteiger partial charge in [-0.1, -0.05) is 30.9 Å². The summed E-state index contributed by atoms with van der Waals surface area (Å²) in [5.41, 5.74) is -0.946. The predicted octanol–water partition coefficient (Wildman–Crippen LogP) is 1.70. The second-order valence-corrected chi connectivity index (χ2v) is 6.75. The molecule has 17 heavy (non-hydrogen) atoms. The molecule has 1 atom stereocenters. The third-order valence-corrected chi connectivity index (χ3v) is 4.06. The Labute approximate surface area is 107 Å². The summed E-state index contributed by atoms with van der Waals surface area (Å²) in [7, 11) is -4.05. The van der Waals surface area contributed by atoms with Crippen molar-refractivity contribution in [3.05, 3.63) is 0 Å². The van der Waals surface area contributed by atoms with E-state index in [-0.39, 0.29) is 12.3 Å². The molecule has 0 aromatic rings. The average Bonchev–Trinajstić information content (AvgIpc) is 2.24. The van der Waals surface area contributed by atoms with Gasteiger partial charge in [-0.3, -0.25) is 9.46 Å². The van der Waals surface area contributed by atoms with Crippen LogP contribution in [0, 0.1) is 0 Å². The number of aliphatic hydroxyl groups is 1. The first-order valence-electron chi connectivity index (χ1n) is 5.99. The molecule has 5 nitrogen and oxygen atoms in total. The van der Waals surface area contributed by atoms with Crippen LogP contribution in [-0.4, -0.2) is 44.2 Å². The SMILES string of the molecule is O=P(O)(O)CN(CCC(O)Cl)C1CCCCC1. The standard InChI is InChI=1S/C10H21ClNO4P/c11-10(13)6-7-12(8-17(14,15)16)9-4-2-1-3-5-9/h9-10,13H,1-8H2,(H2,14,15,16). The Bertz CT molecular complexity index is 265. The molecule has 1 unspecified atom stereocenters. The van der Waals surface area contributed by atoms with Gasteiger partial charge in [0.25, 0.3) is 0 Å². The zero-order valence-electron chi connectivity index (χ0n) is 9.83. The van der Waals surface area contributed by atoms with E-state index in [1.54, 1.807) is 4.90 Å². The summed E-state index contributed by atoms with van der Waals surface area (Å²) in [4.78, 5) is 19.9. The summed E-state index contributed by atoms with van der Waals surface area (Å²) in [6.45, 7) is 0.431. The fraction of sp³-hybridized carbons (Fsp3) is 1.00. The van der Waals surface area contributed by atoms with Crippen LogP contribution in [0.25, 0.3) is 0 Å². The topological polar surface area (TPSA) is 81.0 Å². The lowest BCUT2D eigenvalue weighted by molar-refractivity contribution is 0.145. The Balaban J connectivity index is 2.53. The Morgan fingerprint density at radius 2 is 1.88 bits per heavy atom. The second kappa shape index (κ2) is 7.07. The summed E-state index contributed by atoms with van der Waals surface area (Å²) in [6, 6.07) is 0.215. The molecule has 0 aromatic heterocycles. The highest BCUT2D eigenvalue weighted by atomic mass is 35.5. The van der Waals surface area contributed by atoms with Gasteiger partial charge in [0.1, 0.15) is 11.8 Å². The molecule has 1 aliphatic carbocycles. The van der Waals surface area contributed by atoms with E-state index in [2.05, 4.69) is 0 Å². The molecule has 0 saturated heterocycles. The highest BCUT2D eigenvalue weighted by Gasteiger charge is 2.27. The molecule has 0 spiro atoms. The van der Waals surface area contributed by atoms with Crippen molar-refractivity contribution in [3.8, 4) is 0 Å². The Kier molecular flexibility index (Phi) is 6.41. The lowest BCUT2D eigenvalue weighted by atomic mass is 9.94. The predicted molar refractivity (Wildman–Crippen MR) is 67.0 cm³/mol. The van der Waals surface area contributed by atoms with E-state index in [1.807, 2.05) is 0 Å². The van der Waals surface area contributed by atoms with Gasteiger partial charge in [0, 0.05) is 19.0 Å². The maximum atomic E-state index is 11.1. The van der Waals surface area contributed by atoms with Gasteiger partial charge in [0.15, 0.2) is 0 Å². The number of nitrogens with zero attached hydrogens (tertiary/aromatic N) is 1. The number of alkyl halides is 1. The maximum absolute atomic E-state index is 11.1. The van der Waals surface area contributed by atoms with Gasteiger partial charge in [0.05, 0.1) is 0 Å². The summed E-state index contributed by atoms with van der Waals surface area (Å²) in [5, 5.41) is 9.04. The monoisotopic (exact) mass is 285 g/mol. The number of hydrogen-bond donors (Lipinski definition) is 3. The van der Waals surface area contributed by atoms with Gasteiger partial charge in [-0.05, 0) is 12.8 Å². The molecule has 0 radical (unpaired) electrons. The van der Waals surface area contributed by atoms with Crippen LogP contribution in [0.15, 0.2) is 0 Å². The summed E-state index contributed by atoms with van der Waals surface area (Å²) < 4.78 is 11.1. The minimum Gasteiger partial charge on any atom is -0.378 e. The van der Waals surface area contributed by atoms with E-state index in [9.17, 15) is 4.57 Å². The van der Waals surface area contributed by atoms with Gasteiger partial charge in [-0.25, -0.2) is 0 Å². The molecule has 102 valence electrons. The van der Waals surface area contributed by atoms with Crippen LogP contribution >= 0.6 is 19.2 Å². The highest BCUT2D eigenvalue weighted by molar-refractivity contribution is 7.51. The molecule has 0 bridgehead atoms. The Morgan fingerprint density at radius 1 is 1.29 bits per heavy atom. The zero-order valence-corrected chi connectivity index (χ0v) is 11.5. The average molecular weight is 286 g/mol. The van der Waals surface area contributed by atoms with E-state index < -0.39 is 13.2 Å². The summed E-state index contributed by atoms with van der Waals surface area (Å²) >= 11 is 5.47. The van der Waals surface area contributed by atoms with Crippen molar-refractivity contribution in [3.63, 3.8) is 0 Å².